The third kappa shape index (κ3) is 87.1. The van der Waals surface area contributed by atoms with Gasteiger partial charge in [-0.25, -0.2) is 0 Å². The van der Waals surface area contributed by atoms with Gasteiger partial charge in [0.1, 0.15) is 5.79 Å². The third-order valence-corrected chi connectivity index (χ3v) is 0.860. The topological polar surface area (TPSA) is 160 Å². The predicted octanol–water partition coefficient (Wildman–Crippen LogP) is -0.0918. The zero-order chi connectivity index (χ0) is 12.0. The quantitative estimate of drug-likeness (QED) is 0.351. The second kappa shape index (κ2) is 19.2. The summed E-state index contributed by atoms with van der Waals surface area (Å²) in [6, 6.07) is 0. The summed E-state index contributed by atoms with van der Waals surface area (Å²) in [6.45, 7) is 3.62. The summed E-state index contributed by atoms with van der Waals surface area (Å²) in [7, 11) is 0. The van der Waals surface area contributed by atoms with Gasteiger partial charge >= 0.3 is 0 Å². The molecule has 0 unspecified atom stereocenters. The molecule has 0 spiro atoms. The number of carbonyl (C=O) groups is 2. The first-order valence-corrected chi connectivity index (χ1v) is 3.77. The van der Waals surface area contributed by atoms with Crippen LogP contribution in [0, 0.1) is 6.92 Å². The van der Waals surface area contributed by atoms with Crippen LogP contribution >= 0.6 is 0 Å². The van der Waals surface area contributed by atoms with Crippen molar-refractivity contribution in [3.05, 3.63) is 18.4 Å². The molecule has 0 aromatic heterocycles. The van der Waals surface area contributed by atoms with Crippen LogP contribution in [0.2, 0.25) is 0 Å². The van der Waals surface area contributed by atoms with Crippen molar-refractivity contribution >= 4 is 12.8 Å². The van der Waals surface area contributed by atoms with Crippen LogP contribution in [-0.4, -0.2) is 18.6 Å². The number of nitrogens with two attached hydrogens (primary N) is 3. The Morgan fingerprint density at radius 2 is 1.40 bits per heavy atom. The van der Waals surface area contributed by atoms with Crippen LogP contribution < -0.4 is 17.2 Å². The number of hydrogen-bond donors (Lipinski definition) is 3. The van der Waals surface area contributed by atoms with Crippen molar-refractivity contribution in [3.63, 3.8) is 0 Å². The maximum Gasteiger partial charge on any atom is 0.115 e. The van der Waals surface area contributed by atoms with E-state index < -0.39 is 5.79 Å². The smallest absolute Gasteiger partial charge is 0.115 e. The van der Waals surface area contributed by atoms with Crippen LogP contribution in [0.15, 0.2) is 0 Å². The van der Waals surface area contributed by atoms with Crippen molar-refractivity contribution in [1.82, 2.24) is 0 Å². The molecule has 91 valence electrons. The van der Waals surface area contributed by atoms with Crippen LogP contribution in [0.25, 0.3) is 11.5 Å². The molecule has 0 atom stereocenters. The van der Waals surface area contributed by atoms with Crippen LogP contribution in [0.1, 0.15) is 19.3 Å². The minimum Gasteiger partial charge on any atom is -0.671 e. The molecule has 0 aliphatic carbocycles. The third-order valence-electron chi connectivity index (χ3n) is 0.860. The second-order valence-corrected chi connectivity index (χ2v) is 2.31. The van der Waals surface area contributed by atoms with Gasteiger partial charge in [-0.15, -0.1) is 0 Å². The number of nitrogens with one attached hydrogen (secondary N) is 2. The molecule has 0 saturated carbocycles. The van der Waals surface area contributed by atoms with E-state index >= 15 is 0 Å². The molecule has 0 aromatic carbocycles. The number of unbranched alkanes of at least 4 members (excludes halogenated alkanes) is 1. The van der Waals surface area contributed by atoms with Crippen molar-refractivity contribution < 1.29 is 32.0 Å². The molecule has 15 heavy (non-hydrogen) atoms. The summed E-state index contributed by atoms with van der Waals surface area (Å²) in [5.41, 5.74) is 26.8. The first-order chi connectivity index (χ1) is 6.39. The Hall–Kier alpha value is -0.440. The number of amides is 2. The normalized spacial score (nSPS) is 8.00. The van der Waals surface area contributed by atoms with Gasteiger partial charge in [0.15, 0.2) is 0 Å². The number of rotatable bonds is 3. The second-order valence-electron chi connectivity index (χ2n) is 2.31. The molecule has 8 N–H and O–H groups in total. The SMILES string of the molecule is [CH2-]CCCC(N)(N)N.[NH-]C=O.[NH-]C=O.[Ta]. The van der Waals surface area contributed by atoms with Gasteiger partial charge in [0.05, 0.1) is 0 Å². The van der Waals surface area contributed by atoms with E-state index in [9.17, 15) is 0 Å². The zero-order valence-corrected chi connectivity index (χ0v) is 11.7. The van der Waals surface area contributed by atoms with E-state index in [0.29, 0.717) is 6.42 Å². The van der Waals surface area contributed by atoms with Crippen LogP contribution in [0.3, 0.4) is 0 Å². The van der Waals surface area contributed by atoms with Crippen molar-refractivity contribution in [2.45, 2.75) is 25.0 Å². The largest absolute Gasteiger partial charge is 0.671 e. The van der Waals surface area contributed by atoms with E-state index in [1.54, 1.807) is 0 Å². The Labute approximate surface area is 106 Å². The van der Waals surface area contributed by atoms with E-state index in [0.717, 1.165) is 12.8 Å². The number of carbonyl (C=O) groups excluding carboxylic acids is 2. The monoisotopic (exact) mass is 385 g/mol. The minimum atomic E-state index is -0.988. The maximum absolute atomic E-state index is 8.47. The van der Waals surface area contributed by atoms with Crippen molar-refractivity contribution in [2.75, 3.05) is 0 Å². The summed E-state index contributed by atoms with van der Waals surface area (Å²) < 4.78 is 0. The Morgan fingerprint density at radius 1 is 1.13 bits per heavy atom. The molecule has 7 nitrogen and oxygen atoms in total. The summed E-state index contributed by atoms with van der Waals surface area (Å²) in [5.74, 6) is -0.988. The molecule has 0 aliphatic rings. The summed E-state index contributed by atoms with van der Waals surface area (Å²) >= 11 is 0. The average molecular weight is 385 g/mol. The Balaban J connectivity index is -0.0000000733. The molecule has 0 rings (SSSR count). The van der Waals surface area contributed by atoms with Crippen molar-refractivity contribution in [3.8, 4) is 0 Å². The number of hydrogen-bond acceptors (Lipinski definition) is 5. The Morgan fingerprint density at radius 3 is 1.47 bits per heavy atom. The average Bonchev–Trinajstić information content (AvgIpc) is 2.02. The van der Waals surface area contributed by atoms with Gasteiger partial charge in [0.2, 0.25) is 0 Å². The predicted molar refractivity (Wildman–Crippen MR) is 55.3 cm³/mol. The molecule has 2 amide bonds. The first-order valence-electron chi connectivity index (χ1n) is 3.77. The van der Waals surface area contributed by atoms with Gasteiger partial charge in [0, 0.05) is 35.2 Å². The Bertz CT molecular complexity index is 123. The fourth-order valence-corrected chi connectivity index (χ4v) is 0.431. The molecular formula is C7H18N5O2Ta-3. The van der Waals surface area contributed by atoms with Gasteiger partial charge in [0.25, 0.3) is 0 Å². The molecular weight excluding hydrogens is 367 g/mol. The van der Waals surface area contributed by atoms with Gasteiger partial charge < -0.3 is 45.2 Å². The minimum absolute atomic E-state index is 0. The van der Waals surface area contributed by atoms with E-state index in [2.05, 4.69) is 6.92 Å². The summed E-state index contributed by atoms with van der Waals surface area (Å²) in [4.78, 5) is 16.9. The van der Waals surface area contributed by atoms with Gasteiger partial charge in [-0.3, -0.25) is 0 Å². The molecule has 1 radical (unpaired) electrons. The van der Waals surface area contributed by atoms with Crippen molar-refractivity contribution in [1.29, 1.82) is 0 Å². The Kier molecular flexibility index (Phi) is 30.7. The summed E-state index contributed by atoms with van der Waals surface area (Å²) in [5, 5.41) is 0. The van der Waals surface area contributed by atoms with E-state index in [-0.39, 0.29) is 35.2 Å². The molecule has 0 heterocycles. The summed E-state index contributed by atoms with van der Waals surface area (Å²) in [6.07, 6.45) is 2.37. The molecule has 0 aliphatic heterocycles. The maximum atomic E-state index is 8.47. The van der Waals surface area contributed by atoms with Gasteiger partial charge in [-0.1, -0.05) is 6.42 Å². The fraction of sp³-hybridized carbons (Fsp3) is 0.571. The van der Waals surface area contributed by atoms with Crippen LogP contribution in [0.5, 0.6) is 0 Å². The molecule has 0 bridgehead atoms. The molecule has 0 aromatic rings. The first kappa shape index (κ1) is 24.0. The van der Waals surface area contributed by atoms with Gasteiger partial charge in [-0.05, 0) is 6.42 Å². The van der Waals surface area contributed by atoms with Crippen molar-refractivity contribution in [2.24, 2.45) is 17.2 Å². The molecule has 8 heteroatoms. The standard InChI is InChI=1S/C5H14N3.2CH3NO.Ta/c1-2-3-4-5(6,7)8;2*2-1-3;/h1-4,6-8H2;2*1H,(H2,2,3);/q-1;;;/p-2. The van der Waals surface area contributed by atoms with E-state index in [1.165, 1.54) is 0 Å². The molecule has 0 saturated heterocycles. The molecule has 0 fully saturated rings. The van der Waals surface area contributed by atoms with Gasteiger partial charge in [-0.2, -0.15) is 6.42 Å². The van der Waals surface area contributed by atoms with Crippen LogP contribution in [0.4, 0.5) is 0 Å². The fourth-order valence-electron chi connectivity index (χ4n) is 0.431. The zero-order valence-electron chi connectivity index (χ0n) is 8.48. The van der Waals surface area contributed by atoms with E-state index in [4.69, 9.17) is 38.3 Å². The van der Waals surface area contributed by atoms with Crippen LogP contribution in [-0.2, 0) is 32.0 Å². The van der Waals surface area contributed by atoms with E-state index in [1.807, 2.05) is 0 Å².